The number of likely N-dealkylation sites (N-methyl/N-ethyl adjacent to an activating group) is 1. The summed E-state index contributed by atoms with van der Waals surface area (Å²) in [5, 5.41) is 13.0. The minimum absolute atomic E-state index is 0.0433. The number of nitrogens with zero attached hydrogens (tertiary/aromatic N) is 8. The molecule has 0 aromatic carbocycles. The lowest BCUT2D eigenvalue weighted by molar-refractivity contribution is -0.132. The maximum absolute atomic E-state index is 13.0. The van der Waals surface area contributed by atoms with Gasteiger partial charge in [0.15, 0.2) is 10.9 Å². The number of imidazole rings is 1. The van der Waals surface area contributed by atoms with E-state index in [1.807, 2.05) is 16.3 Å². The minimum Gasteiger partial charge on any atom is -0.337 e. The van der Waals surface area contributed by atoms with E-state index in [1.54, 1.807) is 11.2 Å². The summed E-state index contributed by atoms with van der Waals surface area (Å²) >= 11 is 0. The molecular formula is C19H25N9O3S. The number of hydrogen-bond donors (Lipinski definition) is 1. The predicted octanol–water partition coefficient (Wildman–Crippen LogP) is 0.0171. The highest BCUT2D eigenvalue weighted by molar-refractivity contribution is 7.89. The Morgan fingerprint density at radius 3 is 2.88 bits per heavy atom. The molecule has 1 aliphatic carbocycles. The summed E-state index contributed by atoms with van der Waals surface area (Å²) in [7, 11) is -0.528. The fourth-order valence-corrected chi connectivity index (χ4v) is 5.07. The first kappa shape index (κ1) is 20.8. The van der Waals surface area contributed by atoms with E-state index in [-0.39, 0.29) is 17.5 Å². The van der Waals surface area contributed by atoms with Crippen molar-refractivity contribution in [1.29, 1.82) is 0 Å². The Labute approximate surface area is 185 Å². The molecule has 170 valence electrons. The number of aromatic amines is 1. The van der Waals surface area contributed by atoms with Crippen LogP contribution < -0.4 is 0 Å². The molecule has 1 amide bonds. The van der Waals surface area contributed by atoms with Crippen LogP contribution in [0.5, 0.6) is 0 Å². The maximum Gasteiger partial charge on any atom is 0.260 e. The Hall–Kier alpha value is -3.06. The van der Waals surface area contributed by atoms with Gasteiger partial charge in [-0.1, -0.05) is 0 Å². The van der Waals surface area contributed by atoms with E-state index < -0.39 is 10.0 Å². The first-order chi connectivity index (χ1) is 15.3. The Balaban J connectivity index is 1.35. The van der Waals surface area contributed by atoms with Crippen LogP contribution in [0.25, 0.3) is 11.5 Å². The van der Waals surface area contributed by atoms with Crippen molar-refractivity contribution in [3.05, 3.63) is 30.1 Å². The normalized spacial score (nSPS) is 16.5. The lowest BCUT2D eigenvalue weighted by atomic mass is 10.0. The van der Waals surface area contributed by atoms with Crippen LogP contribution in [-0.2, 0) is 41.4 Å². The Bertz CT molecular complexity index is 1240. The summed E-state index contributed by atoms with van der Waals surface area (Å²) in [4.78, 5) is 21.0. The molecule has 3 aromatic rings. The lowest BCUT2D eigenvalue weighted by Gasteiger charge is -2.29. The summed E-state index contributed by atoms with van der Waals surface area (Å²) in [6.45, 7) is 1.46. The summed E-state index contributed by atoms with van der Waals surface area (Å²) in [5.41, 5.74) is 2.73. The number of carbonyl (C=O) groups excluding carboxylic acids is 1. The second kappa shape index (κ2) is 7.81. The molecule has 2 aliphatic rings. The number of nitrogens with one attached hydrogen (secondary N) is 1. The molecule has 4 heterocycles. The van der Waals surface area contributed by atoms with Gasteiger partial charge in [-0.05, 0) is 18.8 Å². The van der Waals surface area contributed by atoms with Crippen LogP contribution in [0.3, 0.4) is 0 Å². The van der Waals surface area contributed by atoms with E-state index in [4.69, 9.17) is 0 Å². The van der Waals surface area contributed by atoms with Gasteiger partial charge in [0, 0.05) is 51.4 Å². The van der Waals surface area contributed by atoms with E-state index in [9.17, 15) is 13.2 Å². The zero-order valence-electron chi connectivity index (χ0n) is 18.0. The van der Waals surface area contributed by atoms with Crippen LogP contribution in [0.15, 0.2) is 23.9 Å². The minimum atomic E-state index is -3.81. The van der Waals surface area contributed by atoms with Crippen molar-refractivity contribution in [2.75, 3.05) is 20.1 Å². The summed E-state index contributed by atoms with van der Waals surface area (Å²) in [6.07, 6.45) is 7.32. The zero-order chi connectivity index (χ0) is 22.5. The van der Waals surface area contributed by atoms with Gasteiger partial charge >= 0.3 is 0 Å². The Morgan fingerprint density at radius 1 is 1.34 bits per heavy atom. The number of fused-ring (bicyclic) bond motifs is 1. The third kappa shape index (κ3) is 3.71. The molecule has 1 saturated carbocycles. The van der Waals surface area contributed by atoms with Gasteiger partial charge in [-0.25, -0.2) is 13.4 Å². The van der Waals surface area contributed by atoms with Crippen LogP contribution in [0.1, 0.15) is 24.1 Å². The van der Waals surface area contributed by atoms with Crippen LogP contribution in [0.4, 0.5) is 0 Å². The monoisotopic (exact) mass is 459 g/mol. The number of H-pyrrole nitrogens is 1. The number of amides is 1. The van der Waals surface area contributed by atoms with Crippen molar-refractivity contribution in [2.24, 2.45) is 13.0 Å². The average Bonchev–Trinajstić information content (AvgIpc) is 3.15. The molecule has 0 radical (unpaired) electrons. The van der Waals surface area contributed by atoms with E-state index >= 15 is 0 Å². The fourth-order valence-electron chi connectivity index (χ4n) is 4.06. The fraction of sp³-hybridized carbons (Fsp3) is 0.526. The number of carbonyl (C=O) groups is 1. The summed E-state index contributed by atoms with van der Waals surface area (Å²) in [6, 6.07) is 0. The summed E-state index contributed by atoms with van der Waals surface area (Å²) < 4.78 is 30.1. The number of hydrogen-bond acceptors (Lipinski definition) is 7. The number of aromatic nitrogens is 7. The average molecular weight is 460 g/mol. The maximum atomic E-state index is 13.0. The molecule has 1 N–H and O–H groups in total. The Kier molecular flexibility index (Phi) is 5.08. The quantitative estimate of drug-likeness (QED) is 0.526. The van der Waals surface area contributed by atoms with Crippen LogP contribution >= 0.6 is 0 Å². The van der Waals surface area contributed by atoms with E-state index in [0.717, 1.165) is 27.8 Å². The molecule has 5 rings (SSSR count). The predicted molar refractivity (Wildman–Crippen MR) is 112 cm³/mol. The highest BCUT2D eigenvalue weighted by atomic mass is 32.2. The topological polar surface area (TPSA) is 135 Å². The Morgan fingerprint density at radius 2 is 2.16 bits per heavy atom. The molecular weight excluding hydrogens is 434 g/mol. The van der Waals surface area contributed by atoms with Crippen molar-refractivity contribution >= 4 is 15.9 Å². The summed E-state index contributed by atoms with van der Waals surface area (Å²) in [5.74, 6) is 1.10. The third-order valence-corrected chi connectivity index (χ3v) is 7.82. The second-order valence-corrected chi connectivity index (χ2v) is 10.4. The van der Waals surface area contributed by atoms with Gasteiger partial charge in [-0.2, -0.15) is 9.40 Å². The van der Waals surface area contributed by atoms with E-state index in [2.05, 4.69) is 25.3 Å². The molecule has 0 bridgehead atoms. The molecule has 3 aromatic heterocycles. The van der Waals surface area contributed by atoms with Crippen molar-refractivity contribution in [2.45, 2.75) is 37.4 Å². The van der Waals surface area contributed by atoms with Gasteiger partial charge in [-0.3, -0.25) is 9.48 Å². The zero-order valence-corrected chi connectivity index (χ0v) is 18.8. The van der Waals surface area contributed by atoms with Crippen LogP contribution in [-0.4, -0.2) is 78.2 Å². The largest absolute Gasteiger partial charge is 0.337 e. The molecule has 0 saturated heterocycles. The van der Waals surface area contributed by atoms with Crippen LogP contribution in [0.2, 0.25) is 0 Å². The molecule has 12 nitrogen and oxygen atoms in total. The van der Waals surface area contributed by atoms with Crippen LogP contribution in [0, 0.1) is 5.92 Å². The van der Waals surface area contributed by atoms with Crippen molar-refractivity contribution in [3.63, 3.8) is 0 Å². The molecule has 32 heavy (non-hydrogen) atoms. The van der Waals surface area contributed by atoms with Gasteiger partial charge in [0.2, 0.25) is 5.91 Å². The second-order valence-electron chi connectivity index (χ2n) is 8.39. The van der Waals surface area contributed by atoms with Gasteiger partial charge in [0.1, 0.15) is 12.0 Å². The van der Waals surface area contributed by atoms with Gasteiger partial charge < -0.3 is 14.5 Å². The van der Waals surface area contributed by atoms with Crippen molar-refractivity contribution in [3.8, 4) is 11.5 Å². The number of rotatable bonds is 7. The van der Waals surface area contributed by atoms with Crippen molar-refractivity contribution in [1.82, 2.24) is 43.7 Å². The van der Waals surface area contributed by atoms with Crippen molar-refractivity contribution < 1.29 is 13.2 Å². The molecule has 1 fully saturated rings. The first-order valence-electron chi connectivity index (χ1n) is 10.5. The molecule has 13 heteroatoms. The SMILES string of the molecule is CN(CC(=O)N1CCc2c(c(-c3nncn3CC3CC3)nn2C)C1)S(=O)(=O)c1cnc[nH]1. The molecule has 0 spiro atoms. The third-order valence-electron chi connectivity index (χ3n) is 6.09. The number of aryl methyl sites for hydroxylation is 1. The van der Waals surface area contributed by atoms with Gasteiger partial charge in [0.05, 0.1) is 19.1 Å². The van der Waals surface area contributed by atoms with Gasteiger partial charge in [0.25, 0.3) is 10.0 Å². The van der Waals surface area contributed by atoms with E-state index in [0.29, 0.717) is 31.3 Å². The lowest BCUT2D eigenvalue weighted by Crippen LogP contribution is -2.43. The standard InChI is InChI=1S/C19H25N9O3S/c1-25(32(30,31)16-7-20-11-21-16)10-17(29)27-6-5-15-14(9-27)18(24-26(15)2)19-23-22-12-28(19)8-13-3-4-13/h7,11-13H,3-6,8-10H2,1-2H3,(H,20,21). The highest BCUT2D eigenvalue weighted by Crippen LogP contribution is 2.33. The first-order valence-corrected chi connectivity index (χ1v) is 11.9. The number of sulfonamides is 1. The highest BCUT2D eigenvalue weighted by Gasteiger charge is 2.32. The smallest absolute Gasteiger partial charge is 0.260 e. The van der Waals surface area contributed by atoms with E-state index in [1.165, 1.54) is 32.4 Å². The van der Waals surface area contributed by atoms with Gasteiger partial charge in [-0.15, -0.1) is 10.2 Å². The molecule has 1 aliphatic heterocycles. The molecule has 0 unspecified atom stereocenters. The molecule has 0 atom stereocenters.